The molecule has 0 amide bonds. The lowest BCUT2D eigenvalue weighted by Crippen LogP contribution is -2.50. The van der Waals surface area contributed by atoms with Gasteiger partial charge in [-0.1, -0.05) is 30.3 Å². The van der Waals surface area contributed by atoms with E-state index in [1.807, 2.05) is 30.3 Å². The van der Waals surface area contributed by atoms with E-state index in [1.165, 1.54) is 16.4 Å². The number of para-hydroxylation sites is 2. The first-order chi connectivity index (χ1) is 14.2. The molecule has 1 aliphatic heterocycles. The van der Waals surface area contributed by atoms with Crippen molar-refractivity contribution in [1.82, 2.24) is 9.03 Å². The van der Waals surface area contributed by atoms with E-state index in [0.717, 1.165) is 17.8 Å². The first-order valence-electron chi connectivity index (χ1n) is 9.22. The van der Waals surface area contributed by atoms with Crippen molar-refractivity contribution >= 4 is 31.4 Å². The highest BCUT2D eigenvalue weighted by molar-refractivity contribution is 7.90. The van der Waals surface area contributed by atoms with E-state index in [0.29, 0.717) is 26.2 Å². The summed E-state index contributed by atoms with van der Waals surface area (Å²) >= 11 is 0. The standard InChI is InChI=1S/C18H22N4O6S2/c23-22(24)17-8-4-5-9-18(17)30(27,28)19-10-15-29(25,26)21-13-11-20(12-14-21)16-6-2-1-3-7-16/h1-9,19H,10-15H2. The lowest BCUT2D eigenvalue weighted by atomic mass is 10.2. The van der Waals surface area contributed by atoms with Crippen LogP contribution in [0, 0.1) is 10.1 Å². The zero-order valence-corrected chi connectivity index (χ0v) is 17.7. The smallest absolute Gasteiger partial charge is 0.289 e. The molecule has 1 fully saturated rings. The van der Waals surface area contributed by atoms with Gasteiger partial charge in [-0.15, -0.1) is 0 Å². The van der Waals surface area contributed by atoms with E-state index in [1.54, 1.807) is 0 Å². The van der Waals surface area contributed by atoms with E-state index >= 15 is 0 Å². The molecule has 3 rings (SSSR count). The lowest BCUT2D eigenvalue weighted by Gasteiger charge is -2.35. The quantitative estimate of drug-likeness (QED) is 0.466. The van der Waals surface area contributed by atoms with Crippen LogP contribution in [0.15, 0.2) is 59.5 Å². The van der Waals surface area contributed by atoms with Crippen LogP contribution in [-0.2, 0) is 20.0 Å². The number of rotatable bonds is 8. The van der Waals surface area contributed by atoms with Crippen LogP contribution in [0.3, 0.4) is 0 Å². The number of hydrogen-bond donors (Lipinski definition) is 1. The van der Waals surface area contributed by atoms with E-state index in [2.05, 4.69) is 9.62 Å². The van der Waals surface area contributed by atoms with Crippen molar-refractivity contribution in [1.29, 1.82) is 0 Å². The number of nitro benzene ring substituents is 1. The van der Waals surface area contributed by atoms with Crippen molar-refractivity contribution in [2.24, 2.45) is 0 Å². The average Bonchev–Trinajstić information content (AvgIpc) is 2.74. The summed E-state index contributed by atoms with van der Waals surface area (Å²) in [5, 5.41) is 11.0. The predicted molar refractivity (Wildman–Crippen MR) is 112 cm³/mol. The summed E-state index contributed by atoms with van der Waals surface area (Å²) in [4.78, 5) is 11.8. The summed E-state index contributed by atoms with van der Waals surface area (Å²) < 4.78 is 53.4. The highest BCUT2D eigenvalue weighted by atomic mass is 32.2. The molecule has 1 heterocycles. The summed E-state index contributed by atoms with van der Waals surface area (Å²) in [6.07, 6.45) is 0. The Bertz CT molecular complexity index is 1100. The zero-order chi connectivity index (χ0) is 21.8. The molecular formula is C18H22N4O6S2. The van der Waals surface area contributed by atoms with Gasteiger partial charge < -0.3 is 4.90 Å². The second kappa shape index (κ2) is 9.08. The Kier molecular flexibility index (Phi) is 6.71. The second-order valence-corrected chi connectivity index (χ2v) is 10.5. The van der Waals surface area contributed by atoms with E-state index < -0.39 is 41.3 Å². The molecular weight excluding hydrogens is 432 g/mol. The summed E-state index contributed by atoms with van der Waals surface area (Å²) in [5.74, 6) is -0.432. The van der Waals surface area contributed by atoms with Gasteiger partial charge in [-0.05, 0) is 18.2 Å². The summed E-state index contributed by atoms with van der Waals surface area (Å²) in [5.41, 5.74) is 0.455. The predicted octanol–water partition coefficient (Wildman–Crippen LogP) is 1.03. The van der Waals surface area contributed by atoms with Crippen LogP contribution in [0.5, 0.6) is 0 Å². The number of hydrogen-bond acceptors (Lipinski definition) is 7. The topological polar surface area (TPSA) is 130 Å². The fourth-order valence-corrected chi connectivity index (χ4v) is 5.88. The SMILES string of the molecule is O=[N+]([O-])c1ccccc1S(=O)(=O)NCCS(=O)(=O)N1CCN(c2ccccc2)CC1. The summed E-state index contributed by atoms with van der Waals surface area (Å²) in [7, 11) is -7.89. The van der Waals surface area contributed by atoms with E-state index in [9.17, 15) is 26.9 Å². The minimum absolute atomic E-state index is 0.300. The van der Waals surface area contributed by atoms with Gasteiger partial charge in [0.25, 0.3) is 5.69 Å². The van der Waals surface area contributed by atoms with E-state index in [-0.39, 0.29) is 6.54 Å². The van der Waals surface area contributed by atoms with Crippen LogP contribution in [-0.4, -0.2) is 64.5 Å². The molecule has 12 heteroatoms. The Hall–Kier alpha value is -2.54. The Labute approximate surface area is 175 Å². The zero-order valence-electron chi connectivity index (χ0n) is 16.0. The minimum atomic E-state index is -4.22. The molecule has 0 saturated carbocycles. The van der Waals surface area contributed by atoms with Crippen molar-refractivity contribution < 1.29 is 21.8 Å². The van der Waals surface area contributed by atoms with Gasteiger partial charge in [0, 0.05) is 44.5 Å². The van der Waals surface area contributed by atoms with Crippen LogP contribution in [0.1, 0.15) is 0 Å². The molecule has 0 spiro atoms. The number of anilines is 1. The molecule has 2 aromatic rings. The van der Waals surface area contributed by atoms with E-state index in [4.69, 9.17) is 0 Å². The van der Waals surface area contributed by atoms with Crippen LogP contribution >= 0.6 is 0 Å². The first-order valence-corrected chi connectivity index (χ1v) is 12.3. The number of nitrogens with zero attached hydrogens (tertiary/aromatic N) is 3. The molecule has 162 valence electrons. The molecule has 2 aromatic carbocycles. The largest absolute Gasteiger partial charge is 0.369 e. The number of nitrogens with one attached hydrogen (secondary N) is 1. The number of benzene rings is 2. The highest BCUT2D eigenvalue weighted by Crippen LogP contribution is 2.22. The van der Waals surface area contributed by atoms with Gasteiger partial charge in [0.1, 0.15) is 0 Å². The minimum Gasteiger partial charge on any atom is -0.369 e. The maximum Gasteiger partial charge on any atom is 0.289 e. The Morgan fingerprint density at radius 1 is 0.900 bits per heavy atom. The molecule has 1 aliphatic rings. The summed E-state index contributed by atoms with van der Waals surface area (Å²) in [6, 6.07) is 14.6. The fraction of sp³-hybridized carbons (Fsp3) is 0.333. The Morgan fingerprint density at radius 2 is 1.50 bits per heavy atom. The molecule has 0 aliphatic carbocycles. The summed E-state index contributed by atoms with van der Waals surface area (Å²) in [6.45, 7) is 1.29. The molecule has 0 unspecified atom stereocenters. The molecule has 30 heavy (non-hydrogen) atoms. The molecule has 0 bridgehead atoms. The molecule has 1 saturated heterocycles. The monoisotopic (exact) mass is 454 g/mol. The maximum atomic E-state index is 12.6. The van der Waals surface area contributed by atoms with Gasteiger partial charge in [-0.25, -0.2) is 21.6 Å². The number of nitro groups is 1. The maximum absolute atomic E-state index is 12.6. The van der Waals surface area contributed by atoms with Crippen LogP contribution < -0.4 is 9.62 Å². The molecule has 0 atom stereocenters. The fourth-order valence-electron chi connectivity index (χ4n) is 3.21. The normalized spacial score (nSPS) is 15.8. The third-order valence-electron chi connectivity index (χ3n) is 4.76. The third-order valence-corrected chi connectivity index (χ3v) is 8.14. The van der Waals surface area contributed by atoms with Gasteiger partial charge in [0.2, 0.25) is 20.0 Å². The second-order valence-electron chi connectivity index (χ2n) is 6.66. The third kappa shape index (κ3) is 5.14. The first kappa shape index (κ1) is 22.2. The number of sulfonamides is 2. The van der Waals surface area contributed by atoms with Crippen molar-refractivity contribution in [3.8, 4) is 0 Å². The van der Waals surface area contributed by atoms with Gasteiger partial charge in [0.15, 0.2) is 4.90 Å². The van der Waals surface area contributed by atoms with Crippen LogP contribution in [0.2, 0.25) is 0 Å². The van der Waals surface area contributed by atoms with Gasteiger partial charge >= 0.3 is 0 Å². The van der Waals surface area contributed by atoms with Crippen molar-refractivity contribution in [3.63, 3.8) is 0 Å². The highest BCUT2D eigenvalue weighted by Gasteiger charge is 2.29. The Morgan fingerprint density at radius 3 is 2.13 bits per heavy atom. The van der Waals surface area contributed by atoms with Crippen molar-refractivity contribution in [3.05, 3.63) is 64.7 Å². The van der Waals surface area contributed by atoms with Crippen LogP contribution in [0.4, 0.5) is 11.4 Å². The molecule has 10 nitrogen and oxygen atoms in total. The molecule has 0 radical (unpaired) electrons. The van der Waals surface area contributed by atoms with Gasteiger partial charge in [-0.2, -0.15) is 4.31 Å². The van der Waals surface area contributed by atoms with Crippen molar-refractivity contribution in [2.75, 3.05) is 43.4 Å². The Balaban J connectivity index is 1.58. The van der Waals surface area contributed by atoms with Gasteiger partial charge in [0.05, 0.1) is 10.7 Å². The molecule has 0 aromatic heterocycles. The van der Waals surface area contributed by atoms with Crippen molar-refractivity contribution in [2.45, 2.75) is 4.90 Å². The number of piperazine rings is 1. The lowest BCUT2D eigenvalue weighted by molar-refractivity contribution is -0.387. The average molecular weight is 455 g/mol. The molecule has 1 N–H and O–H groups in total. The van der Waals surface area contributed by atoms with Gasteiger partial charge in [-0.3, -0.25) is 10.1 Å². The van der Waals surface area contributed by atoms with Crippen LogP contribution in [0.25, 0.3) is 0 Å².